The fourth-order valence-electron chi connectivity index (χ4n) is 1.47. The molecule has 5 heteroatoms. The van der Waals surface area contributed by atoms with Crippen LogP contribution in [0, 0.1) is 17.8 Å². The van der Waals surface area contributed by atoms with Crippen molar-refractivity contribution < 1.29 is 49.4 Å². The van der Waals surface area contributed by atoms with Crippen molar-refractivity contribution in [3.8, 4) is 0 Å². The molecule has 0 aromatic rings. The van der Waals surface area contributed by atoms with Crippen LogP contribution >= 0.6 is 0 Å². The molecule has 3 unspecified atom stereocenters. The normalized spacial score (nSPS) is 15.7. The van der Waals surface area contributed by atoms with Crippen molar-refractivity contribution in [2.24, 2.45) is 17.8 Å². The maximum Gasteiger partial charge on any atom is 1.00 e. The number of hydrogen-bond acceptors (Lipinski definition) is 3. The zero-order valence-electron chi connectivity index (χ0n) is 10.5. The van der Waals surface area contributed by atoms with E-state index in [0.717, 1.165) is 6.42 Å². The van der Waals surface area contributed by atoms with Gasteiger partial charge in [0.2, 0.25) is 0 Å². The van der Waals surface area contributed by atoms with Gasteiger partial charge in [0.25, 0.3) is 0 Å². The molecule has 0 fully saturated rings. The predicted molar refractivity (Wildman–Crippen MR) is 54.0 cm³/mol. The Labute approximate surface area is 119 Å². The summed E-state index contributed by atoms with van der Waals surface area (Å²) in [5.74, 6) is -3.06. The molecule has 3 atom stereocenters. The largest absolute Gasteiger partial charge is 1.00 e. The summed E-state index contributed by atoms with van der Waals surface area (Å²) in [6.07, 6.45) is 1.59. The molecule has 0 spiro atoms. The predicted octanol–water partition coefficient (Wildman–Crippen LogP) is -2.10. The first-order chi connectivity index (χ1) is 6.88. The number of hydrogen-bond donors (Lipinski definition) is 1. The Kier molecular flexibility index (Phi) is 10.3. The van der Waals surface area contributed by atoms with Crippen LogP contribution in [0.15, 0.2) is 0 Å². The number of carbonyl (C=O) groups is 2. The minimum atomic E-state index is -1.18. The molecule has 0 aliphatic carbocycles. The van der Waals surface area contributed by atoms with E-state index >= 15 is 0 Å². The molecule has 0 aromatic carbocycles. The molecule has 0 rings (SSSR count). The summed E-state index contributed by atoms with van der Waals surface area (Å²) < 4.78 is 0. The van der Waals surface area contributed by atoms with Crippen LogP contribution in [0.2, 0.25) is 0 Å². The number of rotatable bonds is 7. The Hall–Kier alpha value is -0.0600. The van der Waals surface area contributed by atoms with Crippen LogP contribution < -0.4 is 34.7 Å². The van der Waals surface area contributed by atoms with Crippen LogP contribution in [0.25, 0.3) is 0 Å². The summed E-state index contributed by atoms with van der Waals surface area (Å²) in [5, 5.41) is 19.4. The summed E-state index contributed by atoms with van der Waals surface area (Å²) in [4.78, 5) is 21.4. The molecule has 88 valence electrons. The van der Waals surface area contributed by atoms with Crippen LogP contribution in [0.4, 0.5) is 0 Å². The van der Waals surface area contributed by atoms with Gasteiger partial charge in [-0.2, -0.15) is 0 Å². The van der Waals surface area contributed by atoms with Gasteiger partial charge in [-0.05, 0) is 24.7 Å². The zero-order valence-corrected chi connectivity index (χ0v) is 12.5. The monoisotopic (exact) mass is 238 g/mol. The van der Waals surface area contributed by atoms with Crippen LogP contribution in [0.5, 0.6) is 0 Å². The fourth-order valence-corrected chi connectivity index (χ4v) is 1.47. The van der Waals surface area contributed by atoms with E-state index < -0.39 is 23.8 Å². The maximum absolute atomic E-state index is 10.9. The third-order valence-corrected chi connectivity index (χ3v) is 2.77. The number of carboxylic acid groups (broad SMARTS) is 2. The third-order valence-electron chi connectivity index (χ3n) is 2.77. The first-order valence-corrected chi connectivity index (χ1v) is 5.32. The molecule has 0 aliphatic rings. The molecule has 1 N–H and O–H groups in total. The summed E-state index contributed by atoms with van der Waals surface area (Å²) >= 11 is 0. The molecule has 0 saturated carbocycles. The first kappa shape index (κ1) is 18.3. The molecule has 4 nitrogen and oxygen atoms in total. The standard InChI is InChI=1S/C11H20O4.Na/c1-4-7(2)5-9(11(14)15)6-8(3)10(12)13;/h7-9H,4-6H2,1-3H3,(H,12,13)(H,14,15);/q;+1/p-1. The summed E-state index contributed by atoms with van der Waals surface area (Å²) in [5.41, 5.74) is 0. The molecular weight excluding hydrogens is 219 g/mol. The van der Waals surface area contributed by atoms with E-state index in [4.69, 9.17) is 5.11 Å². The molecule has 0 amide bonds. The summed E-state index contributed by atoms with van der Waals surface area (Å²) in [6, 6.07) is 0. The van der Waals surface area contributed by atoms with E-state index in [0.29, 0.717) is 12.3 Å². The van der Waals surface area contributed by atoms with E-state index in [-0.39, 0.29) is 36.0 Å². The van der Waals surface area contributed by atoms with Gasteiger partial charge in [-0.1, -0.05) is 27.2 Å². The average Bonchev–Trinajstić information content (AvgIpc) is 2.15. The molecule has 0 aliphatic heterocycles. The van der Waals surface area contributed by atoms with Crippen molar-refractivity contribution in [2.75, 3.05) is 0 Å². The Morgan fingerprint density at radius 3 is 2.06 bits per heavy atom. The first-order valence-electron chi connectivity index (χ1n) is 5.32. The molecule has 0 bridgehead atoms. The second-order valence-corrected chi connectivity index (χ2v) is 4.24. The van der Waals surface area contributed by atoms with E-state index in [1.807, 2.05) is 13.8 Å². The van der Waals surface area contributed by atoms with Gasteiger partial charge in [0.1, 0.15) is 0 Å². The topological polar surface area (TPSA) is 77.4 Å². The summed E-state index contributed by atoms with van der Waals surface area (Å²) in [6.45, 7) is 5.45. The van der Waals surface area contributed by atoms with E-state index in [2.05, 4.69) is 0 Å². The quantitative estimate of drug-likeness (QED) is 0.516. The Morgan fingerprint density at radius 1 is 1.25 bits per heavy atom. The van der Waals surface area contributed by atoms with Gasteiger partial charge in [-0.25, -0.2) is 0 Å². The van der Waals surface area contributed by atoms with E-state index in [1.54, 1.807) is 0 Å². The second kappa shape index (κ2) is 9.02. The van der Waals surface area contributed by atoms with Crippen molar-refractivity contribution in [1.82, 2.24) is 0 Å². The van der Waals surface area contributed by atoms with Crippen LogP contribution in [0.1, 0.15) is 40.0 Å². The van der Waals surface area contributed by atoms with Crippen molar-refractivity contribution in [3.63, 3.8) is 0 Å². The van der Waals surface area contributed by atoms with Gasteiger partial charge in [0.15, 0.2) is 0 Å². The Morgan fingerprint density at radius 2 is 1.75 bits per heavy atom. The maximum atomic E-state index is 10.9. The molecular formula is C11H19NaO4. The van der Waals surface area contributed by atoms with Crippen molar-refractivity contribution in [3.05, 3.63) is 0 Å². The van der Waals surface area contributed by atoms with Crippen LogP contribution in [-0.4, -0.2) is 17.0 Å². The van der Waals surface area contributed by atoms with Gasteiger partial charge < -0.3 is 15.0 Å². The van der Waals surface area contributed by atoms with E-state index in [1.165, 1.54) is 6.92 Å². The molecule has 0 radical (unpaired) electrons. The number of aliphatic carboxylic acids is 2. The SMILES string of the molecule is CCC(C)CC(CC(C)C(=O)[O-])C(=O)O.[Na+]. The third kappa shape index (κ3) is 7.25. The zero-order chi connectivity index (χ0) is 12.0. The molecule has 16 heavy (non-hydrogen) atoms. The van der Waals surface area contributed by atoms with E-state index in [9.17, 15) is 14.7 Å². The van der Waals surface area contributed by atoms with Crippen molar-refractivity contribution in [2.45, 2.75) is 40.0 Å². The molecule has 0 heterocycles. The second-order valence-electron chi connectivity index (χ2n) is 4.24. The number of carbonyl (C=O) groups excluding carboxylic acids is 1. The fraction of sp³-hybridized carbons (Fsp3) is 0.818. The van der Waals surface area contributed by atoms with Gasteiger partial charge in [-0.3, -0.25) is 4.79 Å². The molecule has 0 saturated heterocycles. The van der Waals surface area contributed by atoms with Gasteiger partial charge >= 0.3 is 35.5 Å². The minimum Gasteiger partial charge on any atom is -0.550 e. The van der Waals surface area contributed by atoms with Crippen LogP contribution in [-0.2, 0) is 9.59 Å². The van der Waals surface area contributed by atoms with Crippen molar-refractivity contribution >= 4 is 11.9 Å². The van der Waals surface area contributed by atoms with Gasteiger partial charge in [0, 0.05) is 5.97 Å². The molecule has 0 aromatic heterocycles. The van der Waals surface area contributed by atoms with Gasteiger partial charge in [-0.15, -0.1) is 0 Å². The van der Waals surface area contributed by atoms with Gasteiger partial charge in [0.05, 0.1) is 5.92 Å². The van der Waals surface area contributed by atoms with Crippen LogP contribution in [0.3, 0.4) is 0 Å². The number of carboxylic acids is 2. The summed E-state index contributed by atoms with van der Waals surface area (Å²) in [7, 11) is 0. The average molecular weight is 238 g/mol. The van der Waals surface area contributed by atoms with Crippen molar-refractivity contribution in [1.29, 1.82) is 0 Å². The Bertz CT molecular complexity index is 230. The Balaban J connectivity index is 0. The smallest absolute Gasteiger partial charge is 0.550 e. The minimum absolute atomic E-state index is 0.